The zero-order valence-corrected chi connectivity index (χ0v) is 12.2. The lowest BCUT2D eigenvalue weighted by Gasteiger charge is -2.15. The van der Waals surface area contributed by atoms with Gasteiger partial charge >= 0.3 is 0 Å². The van der Waals surface area contributed by atoms with E-state index in [1.54, 1.807) is 0 Å². The SMILES string of the molecule is Cc1cc(C#CCCO)ccc1OCCN1CCCC1. The first-order valence-electron chi connectivity index (χ1n) is 7.35. The Bertz CT molecular complexity index is 481. The Labute approximate surface area is 121 Å². The lowest BCUT2D eigenvalue weighted by Crippen LogP contribution is -2.25. The number of aryl methyl sites for hydroxylation is 1. The Morgan fingerprint density at radius 1 is 1.30 bits per heavy atom. The van der Waals surface area contributed by atoms with Crippen molar-refractivity contribution < 1.29 is 9.84 Å². The number of aliphatic hydroxyl groups is 1. The Hall–Kier alpha value is -1.50. The average molecular weight is 273 g/mol. The Balaban J connectivity index is 1.84. The third-order valence-corrected chi connectivity index (χ3v) is 3.51. The van der Waals surface area contributed by atoms with Crippen LogP contribution in [0.3, 0.4) is 0 Å². The Morgan fingerprint density at radius 2 is 2.10 bits per heavy atom. The van der Waals surface area contributed by atoms with Gasteiger partial charge in [0, 0.05) is 18.5 Å². The highest BCUT2D eigenvalue weighted by Gasteiger charge is 2.11. The number of benzene rings is 1. The minimum atomic E-state index is 0.115. The van der Waals surface area contributed by atoms with E-state index in [1.807, 2.05) is 25.1 Å². The molecule has 1 aromatic rings. The van der Waals surface area contributed by atoms with Crippen LogP contribution in [0.15, 0.2) is 18.2 Å². The third kappa shape index (κ3) is 4.56. The zero-order chi connectivity index (χ0) is 14.2. The summed E-state index contributed by atoms with van der Waals surface area (Å²) in [7, 11) is 0. The first-order valence-corrected chi connectivity index (χ1v) is 7.35. The largest absolute Gasteiger partial charge is 0.492 e. The fraction of sp³-hybridized carbons (Fsp3) is 0.529. The van der Waals surface area contributed by atoms with Crippen LogP contribution in [-0.2, 0) is 0 Å². The molecule has 1 aliphatic rings. The van der Waals surface area contributed by atoms with E-state index < -0.39 is 0 Å². The van der Waals surface area contributed by atoms with Gasteiger partial charge in [0.05, 0.1) is 6.61 Å². The van der Waals surface area contributed by atoms with Crippen molar-refractivity contribution in [3.05, 3.63) is 29.3 Å². The minimum Gasteiger partial charge on any atom is -0.492 e. The zero-order valence-electron chi connectivity index (χ0n) is 12.2. The third-order valence-electron chi connectivity index (χ3n) is 3.51. The number of rotatable bonds is 5. The summed E-state index contributed by atoms with van der Waals surface area (Å²) in [6.07, 6.45) is 3.16. The lowest BCUT2D eigenvalue weighted by atomic mass is 10.1. The summed E-state index contributed by atoms with van der Waals surface area (Å²) in [5, 5.41) is 8.70. The number of hydrogen-bond donors (Lipinski definition) is 1. The molecule has 0 amide bonds. The maximum atomic E-state index is 8.70. The second-order valence-corrected chi connectivity index (χ2v) is 5.15. The maximum absolute atomic E-state index is 8.70. The molecule has 0 saturated carbocycles. The van der Waals surface area contributed by atoms with Gasteiger partial charge in [-0.1, -0.05) is 11.8 Å². The molecule has 0 radical (unpaired) electrons. The molecule has 3 nitrogen and oxygen atoms in total. The van der Waals surface area contributed by atoms with E-state index in [0.717, 1.165) is 30.0 Å². The maximum Gasteiger partial charge on any atom is 0.122 e. The average Bonchev–Trinajstić information content (AvgIpc) is 2.95. The summed E-state index contributed by atoms with van der Waals surface area (Å²) in [6, 6.07) is 6.00. The van der Waals surface area contributed by atoms with Crippen LogP contribution in [0.2, 0.25) is 0 Å². The van der Waals surface area contributed by atoms with Crippen LogP contribution >= 0.6 is 0 Å². The van der Waals surface area contributed by atoms with Gasteiger partial charge in [-0.25, -0.2) is 0 Å². The van der Waals surface area contributed by atoms with Crippen LogP contribution in [0.1, 0.15) is 30.4 Å². The summed E-state index contributed by atoms with van der Waals surface area (Å²) in [4.78, 5) is 2.45. The molecule has 108 valence electrons. The molecule has 1 saturated heterocycles. The molecule has 0 aromatic heterocycles. The molecule has 1 aliphatic heterocycles. The second-order valence-electron chi connectivity index (χ2n) is 5.15. The van der Waals surface area contributed by atoms with E-state index in [0.29, 0.717) is 6.42 Å². The van der Waals surface area contributed by atoms with Crippen molar-refractivity contribution in [2.45, 2.75) is 26.2 Å². The van der Waals surface area contributed by atoms with Gasteiger partial charge in [-0.2, -0.15) is 0 Å². The number of nitrogens with zero attached hydrogens (tertiary/aromatic N) is 1. The number of likely N-dealkylation sites (tertiary alicyclic amines) is 1. The normalized spacial score (nSPS) is 14.9. The molecule has 1 N–H and O–H groups in total. The van der Waals surface area contributed by atoms with Gasteiger partial charge in [0.2, 0.25) is 0 Å². The van der Waals surface area contributed by atoms with Gasteiger partial charge in [0.1, 0.15) is 12.4 Å². The van der Waals surface area contributed by atoms with Crippen LogP contribution in [0.4, 0.5) is 0 Å². The van der Waals surface area contributed by atoms with Crippen LogP contribution in [0.5, 0.6) is 5.75 Å². The van der Waals surface area contributed by atoms with Crippen molar-refractivity contribution in [2.75, 3.05) is 32.8 Å². The molecule has 0 unspecified atom stereocenters. The molecular formula is C17H23NO2. The van der Waals surface area contributed by atoms with E-state index in [-0.39, 0.29) is 6.61 Å². The molecule has 20 heavy (non-hydrogen) atoms. The fourth-order valence-electron chi connectivity index (χ4n) is 2.40. The van der Waals surface area contributed by atoms with Gasteiger partial charge < -0.3 is 9.84 Å². The van der Waals surface area contributed by atoms with Crippen molar-refractivity contribution in [1.29, 1.82) is 0 Å². The Kier molecular flexibility index (Phi) is 5.91. The highest BCUT2D eigenvalue weighted by molar-refractivity contribution is 5.43. The first-order chi connectivity index (χ1) is 9.79. The predicted molar refractivity (Wildman–Crippen MR) is 80.9 cm³/mol. The van der Waals surface area contributed by atoms with Gasteiger partial charge in [0.25, 0.3) is 0 Å². The minimum absolute atomic E-state index is 0.115. The number of ether oxygens (including phenoxy) is 1. The molecule has 0 aliphatic carbocycles. The highest BCUT2D eigenvalue weighted by Crippen LogP contribution is 2.19. The summed E-state index contributed by atoms with van der Waals surface area (Å²) in [6.45, 7) is 6.34. The van der Waals surface area contributed by atoms with Gasteiger partial charge in [-0.3, -0.25) is 4.90 Å². The molecule has 0 spiro atoms. The molecule has 2 rings (SSSR count). The van der Waals surface area contributed by atoms with Crippen molar-refractivity contribution in [3.8, 4) is 17.6 Å². The molecule has 3 heteroatoms. The van der Waals surface area contributed by atoms with Crippen LogP contribution in [0, 0.1) is 18.8 Å². The molecule has 1 aromatic carbocycles. The second kappa shape index (κ2) is 7.94. The van der Waals surface area contributed by atoms with Crippen molar-refractivity contribution in [2.24, 2.45) is 0 Å². The molecule has 0 atom stereocenters. The predicted octanol–water partition coefficient (Wildman–Crippen LogP) is 2.20. The van der Waals surface area contributed by atoms with Crippen LogP contribution < -0.4 is 4.74 Å². The lowest BCUT2D eigenvalue weighted by molar-refractivity contribution is 0.237. The molecule has 0 bridgehead atoms. The van der Waals surface area contributed by atoms with Crippen LogP contribution in [0.25, 0.3) is 0 Å². The van der Waals surface area contributed by atoms with Crippen molar-refractivity contribution >= 4 is 0 Å². The summed E-state index contributed by atoms with van der Waals surface area (Å²) < 4.78 is 5.85. The van der Waals surface area contributed by atoms with Crippen molar-refractivity contribution in [1.82, 2.24) is 4.90 Å². The first kappa shape index (κ1) is 14.9. The van der Waals surface area contributed by atoms with E-state index in [9.17, 15) is 0 Å². The quantitative estimate of drug-likeness (QED) is 0.835. The number of aliphatic hydroxyl groups excluding tert-OH is 1. The van der Waals surface area contributed by atoms with Gasteiger partial charge in [0.15, 0.2) is 0 Å². The topological polar surface area (TPSA) is 32.7 Å². The van der Waals surface area contributed by atoms with Gasteiger partial charge in [-0.15, -0.1) is 0 Å². The highest BCUT2D eigenvalue weighted by atomic mass is 16.5. The van der Waals surface area contributed by atoms with E-state index in [1.165, 1.54) is 25.9 Å². The monoisotopic (exact) mass is 273 g/mol. The van der Waals surface area contributed by atoms with Gasteiger partial charge in [-0.05, 0) is 56.6 Å². The molecular weight excluding hydrogens is 250 g/mol. The smallest absolute Gasteiger partial charge is 0.122 e. The molecule has 1 heterocycles. The summed E-state index contributed by atoms with van der Waals surface area (Å²) in [5.74, 6) is 6.91. The standard InChI is InChI=1S/C17H23NO2/c1-15-14-16(6-2-5-12-19)7-8-17(15)20-13-11-18-9-3-4-10-18/h7-8,14,19H,3-5,9-13H2,1H3. The number of hydrogen-bond acceptors (Lipinski definition) is 3. The molecule has 1 fully saturated rings. The van der Waals surface area contributed by atoms with Crippen molar-refractivity contribution in [3.63, 3.8) is 0 Å². The van der Waals surface area contributed by atoms with E-state index >= 15 is 0 Å². The van der Waals surface area contributed by atoms with E-state index in [2.05, 4.69) is 16.7 Å². The van der Waals surface area contributed by atoms with Crippen LogP contribution in [-0.4, -0.2) is 42.9 Å². The fourth-order valence-corrected chi connectivity index (χ4v) is 2.40. The van der Waals surface area contributed by atoms with E-state index in [4.69, 9.17) is 9.84 Å². The summed E-state index contributed by atoms with van der Waals surface area (Å²) >= 11 is 0. The summed E-state index contributed by atoms with van der Waals surface area (Å²) in [5.41, 5.74) is 2.09. The Morgan fingerprint density at radius 3 is 2.80 bits per heavy atom.